The number of benzene rings is 2. The minimum atomic E-state index is -0.813. The van der Waals surface area contributed by atoms with E-state index in [0.29, 0.717) is 36.0 Å². The summed E-state index contributed by atoms with van der Waals surface area (Å²) in [6.07, 6.45) is -0.102. The van der Waals surface area contributed by atoms with Gasteiger partial charge in [0.15, 0.2) is 5.79 Å². The van der Waals surface area contributed by atoms with Crippen molar-refractivity contribution >= 4 is 27.5 Å². The first-order valence-corrected chi connectivity index (χ1v) is 8.83. The van der Waals surface area contributed by atoms with Crippen LogP contribution in [-0.2, 0) is 21.7 Å². The van der Waals surface area contributed by atoms with Crippen LogP contribution < -0.4 is 4.74 Å². The molecule has 2 aromatic carbocycles. The maximum atomic E-state index is 10.7. The van der Waals surface area contributed by atoms with Gasteiger partial charge in [-0.05, 0) is 33.1 Å². The van der Waals surface area contributed by atoms with Crippen LogP contribution in [0.1, 0.15) is 28.4 Å². The number of aliphatic hydroxyl groups excluding tert-OH is 1. The Bertz CT molecular complexity index is 802. The van der Waals surface area contributed by atoms with E-state index in [1.165, 1.54) is 0 Å². The molecule has 1 aliphatic carbocycles. The van der Waals surface area contributed by atoms with Gasteiger partial charge in [-0.25, -0.2) is 0 Å². The van der Waals surface area contributed by atoms with Crippen molar-refractivity contribution < 1.29 is 19.3 Å². The Labute approximate surface area is 153 Å². The number of halogens is 2. The Morgan fingerprint density at radius 1 is 1.25 bits per heavy atom. The first kappa shape index (κ1) is 16.4. The van der Waals surface area contributed by atoms with Gasteiger partial charge in [-0.3, -0.25) is 0 Å². The van der Waals surface area contributed by atoms with E-state index in [2.05, 4.69) is 15.9 Å². The lowest BCUT2D eigenvalue weighted by atomic mass is 9.80. The van der Waals surface area contributed by atoms with Crippen molar-refractivity contribution in [2.24, 2.45) is 0 Å². The number of hydrogen-bond donors (Lipinski definition) is 1. The summed E-state index contributed by atoms with van der Waals surface area (Å²) in [5, 5.41) is 11.2. The summed E-state index contributed by atoms with van der Waals surface area (Å²) >= 11 is 9.74. The second-order valence-electron chi connectivity index (χ2n) is 5.95. The minimum Gasteiger partial charge on any atom is -0.496 e. The largest absolute Gasteiger partial charge is 0.496 e. The summed E-state index contributed by atoms with van der Waals surface area (Å²) in [5.74, 6) is 0.0742. The van der Waals surface area contributed by atoms with Gasteiger partial charge < -0.3 is 19.3 Å². The highest BCUT2D eigenvalue weighted by molar-refractivity contribution is 9.10. The van der Waals surface area contributed by atoms with E-state index in [0.717, 1.165) is 21.2 Å². The van der Waals surface area contributed by atoms with Gasteiger partial charge >= 0.3 is 0 Å². The molecule has 2 aromatic rings. The number of methoxy groups -OCH3 is 1. The van der Waals surface area contributed by atoms with Crippen molar-refractivity contribution in [1.29, 1.82) is 0 Å². The molecule has 4 rings (SSSR count). The normalized spacial score (nSPS) is 19.0. The Kier molecular flexibility index (Phi) is 4.09. The molecule has 24 heavy (non-hydrogen) atoms. The molecule has 126 valence electrons. The lowest BCUT2D eigenvalue weighted by Crippen LogP contribution is -2.39. The van der Waals surface area contributed by atoms with Crippen LogP contribution in [-0.4, -0.2) is 25.4 Å². The van der Waals surface area contributed by atoms with Crippen LogP contribution in [0.4, 0.5) is 0 Å². The van der Waals surface area contributed by atoms with Gasteiger partial charge in [0.25, 0.3) is 0 Å². The monoisotopic (exact) mass is 410 g/mol. The van der Waals surface area contributed by atoms with Crippen LogP contribution in [0.25, 0.3) is 0 Å². The molecule has 0 aromatic heterocycles. The van der Waals surface area contributed by atoms with Crippen molar-refractivity contribution in [2.75, 3.05) is 20.3 Å². The summed E-state index contributed by atoms with van der Waals surface area (Å²) in [5.41, 5.74) is 3.61. The van der Waals surface area contributed by atoms with E-state index in [-0.39, 0.29) is 0 Å². The molecule has 1 spiro atoms. The van der Waals surface area contributed by atoms with E-state index >= 15 is 0 Å². The molecular weight excluding hydrogens is 396 g/mol. The average Bonchev–Trinajstić information content (AvgIpc) is 3.06. The molecule has 2 aliphatic rings. The number of hydrogen-bond acceptors (Lipinski definition) is 4. The molecule has 0 saturated carbocycles. The molecule has 1 unspecified atom stereocenters. The van der Waals surface area contributed by atoms with Gasteiger partial charge in [0.2, 0.25) is 0 Å². The Morgan fingerprint density at radius 3 is 2.67 bits per heavy atom. The fraction of sp³-hybridized carbons (Fsp3) is 0.333. The van der Waals surface area contributed by atoms with Crippen molar-refractivity contribution in [3.05, 3.63) is 62.1 Å². The van der Waals surface area contributed by atoms with Crippen LogP contribution >= 0.6 is 27.5 Å². The smallest absolute Gasteiger partial charge is 0.199 e. The molecule has 1 atom stereocenters. The number of aliphatic hydroxyl groups is 1. The van der Waals surface area contributed by atoms with E-state index in [4.69, 9.17) is 25.8 Å². The van der Waals surface area contributed by atoms with Crippen LogP contribution in [0, 0.1) is 0 Å². The van der Waals surface area contributed by atoms with Gasteiger partial charge in [0.1, 0.15) is 11.9 Å². The van der Waals surface area contributed by atoms with Crippen LogP contribution in [0.2, 0.25) is 5.02 Å². The van der Waals surface area contributed by atoms with Gasteiger partial charge in [0.05, 0.1) is 29.8 Å². The lowest BCUT2D eigenvalue weighted by Gasteiger charge is -2.39. The maximum Gasteiger partial charge on any atom is 0.199 e. The molecule has 0 amide bonds. The predicted molar refractivity (Wildman–Crippen MR) is 93.5 cm³/mol. The number of ether oxygens (including phenoxy) is 3. The highest BCUT2D eigenvalue weighted by atomic mass is 79.9. The molecule has 0 bridgehead atoms. The van der Waals surface area contributed by atoms with Crippen molar-refractivity contribution in [3.8, 4) is 5.75 Å². The molecular formula is C18H16BrClO4. The van der Waals surface area contributed by atoms with Gasteiger partial charge in [-0.1, -0.05) is 29.8 Å². The highest BCUT2D eigenvalue weighted by Crippen LogP contribution is 2.47. The molecule has 1 aliphatic heterocycles. The SMILES string of the molecule is COc1cc(Cl)c(C(O)c2ccc3c(c2)CC32OCCO2)cc1Br. The Hall–Kier alpha value is -1.11. The lowest BCUT2D eigenvalue weighted by molar-refractivity contribution is -0.182. The summed E-state index contributed by atoms with van der Waals surface area (Å²) in [6.45, 7) is 1.25. The van der Waals surface area contributed by atoms with E-state index < -0.39 is 11.9 Å². The third kappa shape index (κ3) is 2.47. The van der Waals surface area contributed by atoms with Gasteiger partial charge in [0, 0.05) is 23.6 Å². The molecule has 6 heteroatoms. The van der Waals surface area contributed by atoms with Gasteiger partial charge in [-0.15, -0.1) is 0 Å². The van der Waals surface area contributed by atoms with E-state index in [9.17, 15) is 5.11 Å². The zero-order valence-corrected chi connectivity index (χ0v) is 15.4. The quantitative estimate of drug-likeness (QED) is 0.831. The zero-order chi connectivity index (χ0) is 16.9. The van der Waals surface area contributed by atoms with Gasteiger partial charge in [-0.2, -0.15) is 0 Å². The summed E-state index contributed by atoms with van der Waals surface area (Å²) < 4.78 is 17.4. The average molecular weight is 412 g/mol. The molecule has 1 heterocycles. The third-order valence-electron chi connectivity index (χ3n) is 4.60. The number of fused-ring (bicyclic) bond motifs is 2. The molecule has 1 fully saturated rings. The van der Waals surface area contributed by atoms with Crippen molar-refractivity contribution in [2.45, 2.75) is 18.3 Å². The second kappa shape index (κ2) is 6.00. The van der Waals surface area contributed by atoms with Crippen LogP contribution in [0.5, 0.6) is 5.75 Å². The van der Waals surface area contributed by atoms with E-state index in [1.54, 1.807) is 19.2 Å². The molecule has 0 radical (unpaired) electrons. The predicted octanol–water partition coefficient (Wildman–Crippen LogP) is 3.95. The van der Waals surface area contributed by atoms with Crippen LogP contribution in [0.15, 0.2) is 34.8 Å². The first-order valence-electron chi connectivity index (χ1n) is 7.66. The third-order valence-corrected chi connectivity index (χ3v) is 5.55. The van der Waals surface area contributed by atoms with Crippen molar-refractivity contribution in [3.63, 3.8) is 0 Å². The summed E-state index contributed by atoms with van der Waals surface area (Å²) in [7, 11) is 1.58. The summed E-state index contributed by atoms with van der Waals surface area (Å²) in [4.78, 5) is 0. The topological polar surface area (TPSA) is 47.9 Å². The standard InChI is InChI=1S/C18H16BrClO4/c1-22-16-8-15(20)12(7-14(16)19)17(21)10-2-3-13-11(6-10)9-18(13)23-4-5-24-18/h2-3,6-8,17,21H,4-5,9H2,1H3. The minimum absolute atomic E-state index is 0.462. The summed E-state index contributed by atoms with van der Waals surface area (Å²) in [6, 6.07) is 9.33. The Balaban J connectivity index is 1.65. The fourth-order valence-electron chi connectivity index (χ4n) is 3.34. The number of rotatable bonds is 3. The molecule has 1 N–H and O–H groups in total. The zero-order valence-electron chi connectivity index (χ0n) is 13.0. The first-order chi connectivity index (χ1) is 11.5. The molecule has 4 nitrogen and oxygen atoms in total. The molecule has 1 saturated heterocycles. The highest BCUT2D eigenvalue weighted by Gasteiger charge is 2.48. The second-order valence-corrected chi connectivity index (χ2v) is 7.22. The van der Waals surface area contributed by atoms with E-state index in [1.807, 2.05) is 18.2 Å². The maximum absolute atomic E-state index is 10.7. The fourth-order valence-corrected chi connectivity index (χ4v) is 4.12. The Morgan fingerprint density at radius 2 is 2.00 bits per heavy atom. The van der Waals surface area contributed by atoms with Crippen molar-refractivity contribution in [1.82, 2.24) is 0 Å². The van der Waals surface area contributed by atoms with Crippen LogP contribution in [0.3, 0.4) is 0 Å².